The van der Waals surface area contributed by atoms with E-state index in [1.54, 1.807) is 12.3 Å². The van der Waals surface area contributed by atoms with Crippen LogP contribution < -0.4 is 10.6 Å². The normalized spacial score (nSPS) is 14.8. The number of benzene rings is 1. The molecule has 0 radical (unpaired) electrons. The van der Waals surface area contributed by atoms with E-state index in [1.165, 1.54) is 12.8 Å². The number of halogens is 1. The lowest BCUT2D eigenvalue weighted by atomic mass is 10.2. The second kappa shape index (κ2) is 6.92. The average molecular weight is 360 g/mol. The fourth-order valence-electron chi connectivity index (χ4n) is 2.69. The molecule has 1 aliphatic carbocycles. The molecular weight excluding hydrogens is 342 g/mol. The van der Waals surface area contributed by atoms with Gasteiger partial charge in [-0.1, -0.05) is 34.8 Å². The highest BCUT2D eigenvalue weighted by atomic mass is 79.9. The number of carbonyl (C=O) groups is 1. The van der Waals surface area contributed by atoms with Crippen molar-refractivity contribution in [1.82, 2.24) is 10.3 Å². The Kier molecular flexibility index (Phi) is 4.73. The van der Waals surface area contributed by atoms with Crippen LogP contribution in [-0.4, -0.2) is 16.9 Å². The molecule has 1 aliphatic rings. The number of hydrogen-bond acceptors (Lipinski definition) is 3. The molecule has 22 heavy (non-hydrogen) atoms. The van der Waals surface area contributed by atoms with Crippen molar-refractivity contribution in [1.29, 1.82) is 0 Å². The highest BCUT2D eigenvalue weighted by Crippen LogP contribution is 2.21. The third kappa shape index (κ3) is 3.85. The number of amides is 1. The molecule has 0 spiro atoms. The average Bonchev–Trinajstić information content (AvgIpc) is 3.00. The lowest BCUT2D eigenvalue weighted by Gasteiger charge is -2.12. The second-order valence-corrected chi connectivity index (χ2v) is 6.44. The summed E-state index contributed by atoms with van der Waals surface area (Å²) in [5.41, 5.74) is 2.26. The van der Waals surface area contributed by atoms with Crippen molar-refractivity contribution >= 4 is 33.2 Å². The van der Waals surface area contributed by atoms with Crippen LogP contribution >= 0.6 is 15.9 Å². The zero-order chi connectivity index (χ0) is 15.4. The number of anilines is 2. The van der Waals surface area contributed by atoms with Gasteiger partial charge in [-0.25, -0.2) is 0 Å². The summed E-state index contributed by atoms with van der Waals surface area (Å²) >= 11 is 3.45. The summed E-state index contributed by atoms with van der Waals surface area (Å²) in [6.45, 7) is 0. The standard InChI is InChI=1S/C17H18BrN3O/c18-12-4-3-7-14(10-12)20-15-8-9-19-16(11-15)17(22)21-13-5-1-2-6-13/h3-4,7-11,13H,1-2,5-6H2,(H,19,20)(H,21,22). The van der Waals surface area contributed by atoms with Gasteiger partial charge in [0.1, 0.15) is 5.69 Å². The van der Waals surface area contributed by atoms with Crippen molar-refractivity contribution < 1.29 is 4.79 Å². The molecule has 4 nitrogen and oxygen atoms in total. The molecule has 2 aromatic rings. The predicted molar refractivity (Wildman–Crippen MR) is 91.4 cm³/mol. The maximum Gasteiger partial charge on any atom is 0.270 e. The topological polar surface area (TPSA) is 54.0 Å². The molecule has 0 aliphatic heterocycles. The zero-order valence-electron chi connectivity index (χ0n) is 12.2. The van der Waals surface area contributed by atoms with Gasteiger partial charge < -0.3 is 10.6 Å². The summed E-state index contributed by atoms with van der Waals surface area (Å²) in [6.07, 6.45) is 6.19. The first-order valence-electron chi connectivity index (χ1n) is 7.50. The Bertz CT molecular complexity index is 668. The third-order valence-corrected chi connectivity index (χ3v) is 4.29. The molecule has 1 fully saturated rings. The first kappa shape index (κ1) is 15.0. The Hall–Kier alpha value is -1.88. The van der Waals surface area contributed by atoms with Crippen molar-refractivity contribution in [3.63, 3.8) is 0 Å². The lowest BCUT2D eigenvalue weighted by molar-refractivity contribution is 0.0933. The van der Waals surface area contributed by atoms with E-state index in [4.69, 9.17) is 0 Å². The molecule has 5 heteroatoms. The van der Waals surface area contributed by atoms with Crippen LogP contribution in [0.4, 0.5) is 11.4 Å². The summed E-state index contributed by atoms with van der Waals surface area (Å²) < 4.78 is 1.01. The second-order valence-electron chi connectivity index (χ2n) is 5.52. The first-order chi connectivity index (χ1) is 10.7. The van der Waals surface area contributed by atoms with E-state index < -0.39 is 0 Å². The van der Waals surface area contributed by atoms with Crippen LogP contribution in [-0.2, 0) is 0 Å². The number of aromatic nitrogens is 1. The van der Waals surface area contributed by atoms with Crippen LogP contribution in [0.5, 0.6) is 0 Å². The monoisotopic (exact) mass is 359 g/mol. The van der Waals surface area contributed by atoms with Crippen molar-refractivity contribution in [3.8, 4) is 0 Å². The number of hydrogen-bond donors (Lipinski definition) is 2. The minimum Gasteiger partial charge on any atom is -0.355 e. The first-order valence-corrected chi connectivity index (χ1v) is 8.29. The molecule has 1 heterocycles. The van der Waals surface area contributed by atoms with Gasteiger partial charge in [-0.2, -0.15) is 0 Å². The fourth-order valence-corrected chi connectivity index (χ4v) is 3.09. The van der Waals surface area contributed by atoms with Crippen LogP contribution in [0.15, 0.2) is 47.1 Å². The number of pyridine rings is 1. The number of rotatable bonds is 4. The van der Waals surface area contributed by atoms with E-state index in [9.17, 15) is 4.79 Å². The van der Waals surface area contributed by atoms with Crippen molar-refractivity contribution in [2.24, 2.45) is 0 Å². The Morgan fingerprint density at radius 2 is 1.91 bits per heavy atom. The van der Waals surface area contributed by atoms with E-state index in [-0.39, 0.29) is 5.91 Å². The smallest absolute Gasteiger partial charge is 0.270 e. The molecule has 0 bridgehead atoms. The molecule has 0 unspecified atom stereocenters. The van der Waals surface area contributed by atoms with Gasteiger partial charge in [-0.05, 0) is 43.2 Å². The Balaban J connectivity index is 1.70. The minimum absolute atomic E-state index is 0.0928. The Morgan fingerprint density at radius 1 is 1.14 bits per heavy atom. The molecule has 3 rings (SSSR count). The van der Waals surface area contributed by atoms with E-state index in [0.29, 0.717) is 11.7 Å². The predicted octanol–water partition coefficient (Wildman–Crippen LogP) is 4.26. The molecule has 0 atom stereocenters. The highest BCUT2D eigenvalue weighted by molar-refractivity contribution is 9.10. The van der Waals surface area contributed by atoms with E-state index in [1.807, 2.05) is 30.3 Å². The number of nitrogens with zero attached hydrogens (tertiary/aromatic N) is 1. The van der Waals surface area contributed by atoms with Gasteiger partial charge >= 0.3 is 0 Å². The van der Waals surface area contributed by atoms with Crippen molar-refractivity contribution in [2.75, 3.05) is 5.32 Å². The summed E-state index contributed by atoms with van der Waals surface area (Å²) in [5.74, 6) is -0.0928. The zero-order valence-corrected chi connectivity index (χ0v) is 13.8. The maximum atomic E-state index is 12.3. The third-order valence-electron chi connectivity index (χ3n) is 3.80. The summed E-state index contributed by atoms with van der Waals surface area (Å²) in [6, 6.07) is 11.8. The van der Waals surface area contributed by atoms with Crippen molar-refractivity contribution in [3.05, 3.63) is 52.8 Å². The molecule has 2 N–H and O–H groups in total. The fraction of sp³-hybridized carbons (Fsp3) is 0.294. The van der Waals surface area contributed by atoms with Crippen LogP contribution in [0.1, 0.15) is 36.2 Å². The molecule has 114 valence electrons. The maximum absolute atomic E-state index is 12.3. The summed E-state index contributed by atoms with van der Waals surface area (Å²) in [7, 11) is 0. The SMILES string of the molecule is O=C(NC1CCCC1)c1cc(Nc2cccc(Br)c2)ccn1. The van der Waals surface area contributed by atoms with E-state index in [0.717, 1.165) is 28.7 Å². The summed E-state index contributed by atoms with van der Waals surface area (Å²) in [4.78, 5) is 16.4. The minimum atomic E-state index is -0.0928. The molecule has 1 aromatic carbocycles. The number of carbonyl (C=O) groups excluding carboxylic acids is 1. The van der Waals surface area contributed by atoms with Gasteiger partial charge in [0.05, 0.1) is 0 Å². The Morgan fingerprint density at radius 3 is 2.68 bits per heavy atom. The lowest BCUT2D eigenvalue weighted by Crippen LogP contribution is -2.33. The number of nitrogens with one attached hydrogen (secondary N) is 2. The van der Waals surface area contributed by atoms with Crippen molar-refractivity contribution in [2.45, 2.75) is 31.7 Å². The molecular formula is C17H18BrN3O. The molecule has 1 amide bonds. The van der Waals surface area contributed by atoms with Crippen LogP contribution in [0.25, 0.3) is 0 Å². The Labute approximate surface area is 138 Å². The van der Waals surface area contributed by atoms with Gasteiger partial charge in [0.25, 0.3) is 5.91 Å². The van der Waals surface area contributed by atoms with E-state index in [2.05, 4.69) is 31.5 Å². The van der Waals surface area contributed by atoms with E-state index >= 15 is 0 Å². The van der Waals surface area contributed by atoms with Crippen LogP contribution in [0, 0.1) is 0 Å². The van der Waals surface area contributed by atoms with Gasteiger partial charge in [0, 0.05) is 28.1 Å². The molecule has 0 saturated heterocycles. The highest BCUT2D eigenvalue weighted by Gasteiger charge is 2.18. The largest absolute Gasteiger partial charge is 0.355 e. The quantitative estimate of drug-likeness (QED) is 0.857. The van der Waals surface area contributed by atoms with Gasteiger partial charge in [-0.3, -0.25) is 9.78 Å². The van der Waals surface area contributed by atoms with Gasteiger partial charge in [-0.15, -0.1) is 0 Å². The molecule has 1 aromatic heterocycles. The van der Waals surface area contributed by atoms with Gasteiger partial charge in [0.15, 0.2) is 0 Å². The molecule has 1 saturated carbocycles. The van der Waals surface area contributed by atoms with Crippen LogP contribution in [0.3, 0.4) is 0 Å². The van der Waals surface area contributed by atoms with Gasteiger partial charge in [0.2, 0.25) is 0 Å². The van der Waals surface area contributed by atoms with Crippen LogP contribution in [0.2, 0.25) is 0 Å². The summed E-state index contributed by atoms with van der Waals surface area (Å²) in [5, 5.41) is 6.34.